The number of benzene rings is 2. The maximum absolute atomic E-state index is 11.8. The molecule has 0 heterocycles. The average molecular weight is 353 g/mol. The minimum absolute atomic E-state index is 0.0218. The van der Waals surface area contributed by atoms with E-state index in [9.17, 15) is 14.9 Å². The van der Waals surface area contributed by atoms with E-state index < -0.39 is 4.92 Å². The van der Waals surface area contributed by atoms with Crippen LogP contribution >= 0.6 is 27.9 Å². The summed E-state index contributed by atoms with van der Waals surface area (Å²) >= 11 is 4.41. The largest absolute Gasteiger partial charge is 0.292 e. The Bertz CT molecular complexity index is 629. The van der Waals surface area contributed by atoms with E-state index in [-0.39, 0.29) is 11.6 Å². The Kier molecular flexibility index (Phi) is 4.75. The summed E-state index contributed by atoms with van der Waals surface area (Å²) < 4.78 is 3.58. The monoisotopic (exact) mass is 352 g/mol. The van der Waals surface area contributed by atoms with Gasteiger partial charge in [-0.1, -0.05) is 15.9 Å². The van der Waals surface area contributed by atoms with Crippen molar-refractivity contribution in [2.45, 2.75) is 4.90 Å². The lowest BCUT2D eigenvalue weighted by molar-refractivity contribution is -0.384. The highest BCUT2D eigenvalue weighted by Crippen LogP contribution is 2.19. The van der Waals surface area contributed by atoms with Crippen molar-refractivity contribution in [1.29, 1.82) is 0 Å². The summed E-state index contributed by atoms with van der Waals surface area (Å²) in [6.07, 6.45) is 0. The van der Waals surface area contributed by atoms with Crippen molar-refractivity contribution in [3.05, 3.63) is 68.7 Å². The van der Waals surface area contributed by atoms with Crippen LogP contribution in [0.25, 0.3) is 0 Å². The molecular weight excluding hydrogens is 344 g/mol. The van der Waals surface area contributed by atoms with Gasteiger partial charge in [-0.3, -0.25) is 19.6 Å². The number of amides is 1. The molecule has 2 aromatic carbocycles. The molecule has 2 rings (SSSR count). The third-order valence-electron chi connectivity index (χ3n) is 2.42. The topological polar surface area (TPSA) is 72.2 Å². The molecule has 2 aromatic rings. The molecule has 0 aromatic heterocycles. The zero-order valence-corrected chi connectivity index (χ0v) is 12.5. The highest BCUT2D eigenvalue weighted by Gasteiger charge is 2.07. The Morgan fingerprint density at radius 3 is 2.25 bits per heavy atom. The molecule has 0 aliphatic rings. The number of carbonyl (C=O) groups excluding carboxylic acids is 1. The molecular formula is C13H9BrN2O3S. The quantitative estimate of drug-likeness (QED) is 0.516. The Morgan fingerprint density at radius 2 is 1.70 bits per heavy atom. The van der Waals surface area contributed by atoms with Crippen LogP contribution in [0.3, 0.4) is 0 Å². The molecule has 0 fully saturated rings. The van der Waals surface area contributed by atoms with Crippen molar-refractivity contribution in [1.82, 2.24) is 4.72 Å². The van der Waals surface area contributed by atoms with Gasteiger partial charge in [0.05, 0.1) is 4.92 Å². The first-order valence-electron chi connectivity index (χ1n) is 5.53. The molecule has 0 saturated carbocycles. The number of halogens is 1. The van der Waals surface area contributed by atoms with Gasteiger partial charge in [0.25, 0.3) is 11.6 Å². The zero-order valence-electron chi connectivity index (χ0n) is 10.1. The van der Waals surface area contributed by atoms with Crippen molar-refractivity contribution in [3.63, 3.8) is 0 Å². The predicted molar refractivity (Wildman–Crippen MR) is 80.6 cm³/mol. The number of carbonyl (C=O) groups is 1. The smallest absolute Gasteiger partial charge is 0.269 e. The van der Waals surface area contributed by atoms with Gasteiger partial charge in [-0.25, -0.2) is 0 Å². The number of rotatable bonds is 4. The molecule has 0 radical (unpaired) electrons. The second-order valence-corrected chi connectivity index (χ2v) is 5.59. The first-order chi connectivity index (χ1) is 9.56. The molecule has 5 nitrogen and oxygen atoms in total. The van der Waals surface area contributed by atoms with E-state index in [1.165, 1.54) is 12.1 Å². The van der Waals surface area contributed by atoms with Gasteiger partial charge in [0.1, 0.15) is 0 Å². The molecule has 7 heteroatoms. The molecule has 20 heavy (non-hydrogen) atoms. The van der Waals surface area contributed by atoms with E-state index in [1.807, 2.05) is 0 Å². The highest BCUT2D eigenvalue weighted by atomic mass is 79.9. The second kappa shape index (κ2) is 6.53. The summed E-state index contributed by atoms with van der Waals surface area (Å²) in [5, 5.41) is 10.5. The summed E-state index contributed by atoms with van der Waals surface area (Å²) in [5.41, 5.74) is 0.566. The minimum Gasteiger partial charge on any atom is -0.292 e. The molecule has 0 bridgehead atoms. The number of non-ortho nitro benzene ring substituents is 1. The van der Waals surface area contributed by atoms with Gasteiger partial charge in [0, 0.05) is 27.1 Å². The van der Waals surface area contributed by atoms with Gasteiger partial charge in [0.2, 0.25) is 0 Å². The predicted octanol–water partition coefficient (Wildman–Crippen LogP) is 3.79. The molecule has 0 unspecified atom stereocenters. The fourth-order valence-corrected chi connectivity index (χ4v) is 2.27. The standard InChI is InChI=1S/C13H9BrN2O3S/c14-10-3-1-9(2-4-10)13(17)15-20-12-7-5-11(6-8-12)16(18)19/h1-8H,(H,15,17). The van der Waals surface area contributed by atoms with Gasteiger partial charge in [0.15, 0.2) is 0 Å². The fourth-order valence-electron chi connectivity index (χ4n) is 1.40. The summed E-state index contributed by atoms with van der Waals surface area (Å²) in [6.45, 7) is 0. The van der Waals surface area contributed by atoms with Gasteiger partial charge in [-0.2, -0.15) is 0 Å². The average Bonchev–Trinajstić information content (AvgIpc) is 2.46. The number of hydrogen-bond donors (Lipinski definition) is 1. The summed E-state index contributed by atoms with van der Waals surface area (Å²) in [7, 11) is 0. The van der Waals surface area contributed by atoms with Crippen LogP contribution in [0.4, 0.5) is 5.69 Å². The van der Waals surface area contributed by atoms with E-state index in [4.69, 9.17) is 0 Å². The van der Waals surface area contributed by atoms with Crippen LogP contribution in [-0.2, 0) is 0 Å². The van der Waals surface area contributed by atoms with Crippen molar-refractivity contribution in [2.24, 2.45) is 0 Å². The van der Waals surface area contributed by atoms with Gasteiger partial charge in [-0.05, 0) is 48.3 Å². The molecule has 1 amide bonds. The first kappa shape index (κ1) is 14.5. The molecule has 0 saturated heterocycles. The van der Waals surface area contributed by atoms with E-state index in [1.54, 1.807) is 36.4 Å². The summed E-state index contributed by atoms with van der Waals surface area (Å²) in [5.74, 6) is -0.221. The Hall–Kier alpha value is -1.86. The number of nitrogens with zero attached hydrogens (tertiary/aromatic N) is 1. The van der Waals surface area contributed by atoms with Crippen molar-refractivity contribution >= 4 is 39.5 Å². The summed E-state index contributed by atoms with van der Waals surface area (Å²) in [4.78, 5) is 22.6. The molecule has 0 spiro atoms. The van der Waals surface area contributed by atoms with Gasteiger partial charge in [-0.15, -0.1) is 0 Å². The fraction of sp³-hybridized carbons (Fsp3) is 0. The van der Waals surface area contributed by atoms with E-state index in [0.717, 1.165) is 21.3 Å². The van der Waals surface area contributed by atoms with Crippen LogP contribution in [0.2, 0.25) is 0 Å². The lowest BCUT2D eigenvalue weighted by Gasteiger charge is -2.04. The first-order valence-corrected chi connectivity index (χ1v) is 7.14. The zero-order chi connectivity index (χ0) is 14.5. The molecule has 0 aliphatic carbocycles. The van der Waals surface area contributed by atoms with Gasteiger partial charge >= 0.3 is 0 Å². The van der Waals surface area contributed by atoms with E-state index in [2.05, 4.69) is 20.7 Å². The number of hydrogen-bond acceptors (Lipinski definition) is 4. The van der Waals surface area contributed by atoms with E-state index >= 15 is 0 Å². The number of nitro benzene ring substituents is 1. The van der Waals surface area contributed by atoms with Crippen LogP contribution in [0.15, 0.2) is 57.9 Å². The molecule has 0 aliphatic heterocycles. The Morgan fingerprint density at radius 1 is 1.10 bits per heavy atom. The molecule has 1 N–H and O–H groups in total. The summed E-state index contributed by atoms with van der Waals surface area (Å²) in [6, 6.07) is 12.9. The van der Waals surface area contributed by atoms with Crippen LogP contribution in [-0.4, -0.2) is 10.8 Å². The highest BCUT2D eigenvalue weighted by molar-refractivity contribution is 9.10. The van der Waals surface area contributed by atoms with Gasteiger partial charge < -0.3 is 0 Å². The van der Waals surface area contributed by atoms with Crippen molar-refractivity contribution < 1.29 is 9.72 Å². The SMILES string of the molecule is O=C(NSc1ccc([N+](=O)[O-])cc1)c1ccc(Br)cc1. The minimum atomic E-state index is -0.463. The molecule has 102 valence electrons. The Labute approximate surface area is 127 Å². The van der Waals surface area contributed by atoms with Crippen molar-refractivity contribution in [3.8, 4) is 0 Å². The lowest BCUT2D eigenvalue weighted by Crippen LogP contribution is -2.15. The maximum atomic E-state index is 11.8. The van der Waals surface area contributed by atoms with Crippen LogP contribution in [0.5, 0.6) is 0 Å². The Balaban J connectivity index is 1.96. The second-order valence-electron chi connectivity index (χ2n) is 3.79. The normalized spacial score (nSPS) is 10.1. The maximum Gasteiger partial charge on any atom is 0.269 e. The van der Waals surface area contributed by atoms with Crippen LogP contribution < -0.4 is 4.72 Å². The van der Waals surface area contributed by atoms with Crippen molar-refractivity contribution in [2.75, 3.05) is 0 Å². The van der Waals surface area contributed by atoms with E-state index in [0.29, 0.717) is 5.56 Å². The number of nitro groups is 1. The van der Waals surface area contributed by atoms with Crippen LogP contribution in [0.1, 0.15) is 10.4 Å². The third kappa shape index (κ3) is 3.82. The third-order valence-corrected chi connectivity index (χ3v) is 3.74. The molecule has 0 atom stereocenters. The van der Waals surface area contributed by atoms with Crippen LogP contribution in [0, 0.1) is 10.1 Å². The number of nitrogens with one attached hydrogen (secondary N) is 1. The lowest BCUT2D eigenvalue weighted by atomic mass is 10.2.